The first-order valence-corrected chi connectivity index (χ1v) is 7.45. The van der Waals surface area contributed by atoms with Gasteiger partial charge >= 0.3 is 0 Å². The zero-order valence-corrected chi connectivity index (χ0v) is 12.1. The molecule has 1 amide bonds. The van der Waals surface area contributed by atoms with Crippen molar-refractivity contribution in [3.05, 3.63) is 29.8 Å². The summed E-state index contributed by atoms with van der Waals surface area (Å²) < 4.78 is 0. The highest BCUT2D eigenvalue weighted by atomic mass is 16.1. The number of nitrogens with two attached hydrogens (primary N) is 2. The van der Waals surface area contributed by atoms with Crippen LogP contribution in [-0.2, 0) is 4.79 Å². The molecule has 0 radical (unpaired) electrons. The Morgan fingerprint density at radius 1 is 1.25 bits per heavy atom. The molecule has 1 fully saturated rings. The summed E-state index contributed by atoms with van der Waals surface area (Å²) in [4.78, 5) is 12.1. The molecule has 4 heteroatoms. The van der Waals surface area contributed by atoms with Crippen molar-refractivity contribution >= 4 is 11.6 Å². The number of nitrogens with one attached hydrogen (secondary N) is 1. The van der Waals surface area contributed by atoms with Crippen LogP contribution in [0.5, 0.6) is 0 Å². The molecule has 1 aromatic rings. The first-order valence-electron chi connectivity index (χ1n) is 7.45. The summed E-state index contributed by atoms with van der Waals surface area (Å²) in [6, 6.07) is 8.37. The Morgan fingerprint density at radius 3 is 2.45 bits per heavy atom. The van der Waals surface area contributed by atoms with Gasteiger partial charge in [0.05, 0.1) is 0 Å². The number of hydrogen-bond acceptors (Lipinski definition) is 3. The summed E-state index contributed by atoms with van der Waals surface area (Å²) in [5.74, 6) is 0.344. The van der Waals surface area contributed by atoms with Gasteiger partial charge in [-0.1, -0.05) is 19.1 Å². The number of hydrogen-bond donors (Lipinski definition) is 3. The monoisotopic (exact) mass is 275 g/mol. The molecule has 1 aromatic carbocycles. The molecule has 2 rings (SSSR count). The van der Waals surface area contributed by atoms with E-state index in [0.29, 0.717) is 18.5 Å². The van der Waals surface area contributed by atoms with Crippen molar-refractivity contribution in [3.63, 3.8) is 0 Å². The summed E-state index contributed by atoms with van der Waals surface area (Å²) in [6.07, 6.45) is 4.55. The molecule has 4 nitrogen and oxygen atoms in total. The van der Waals surface area contributed by atoms with Crippen molar-refractivity contribution < 1.29 is 4.79 Å². The van der Waals surface area contributed by atoms with Gasteiger partial charge in [0.2, 0.25) is 5.91 Å². The van der Waals surface area contributed by atoms with Gasteiger partial charge in [-0.3, -0.25) is 4.79 Å². The molecule has 0 bridgehead atoms. The number of benzene rings is 1. The van der Waals surface area contributed by atoms with E-state index in [9.17, 15) is 4.79 Å². The van der Waals surface area contributed by atoms with Gasteiger partial charge in [-0.25, -0.2) is 0 Å². The van der Waals surface area contributed by atoms with Gasteiger partial charge in [-0.05, 0) is 49.3 Å². The highest BCUT2D eigenvalue weighted by Gasteiger charge is 2.20. The fourth-order valence-corrected chi connectivity index (χ4v) is 2.77. The highest BCUT2D eigenvalue weighted by Crippen LogP contribution is 2.21. The summed E-state index contributed by atoms with van der Waals surface area (Å²) >= 11 is 0. The second kappa shape index (κ2) is 6.75. The van der Waals surface area contributed by atoms with Gasteiger partial charge < -0.3 is 16.8 Å². The molecule has 1 atom stereocenters. The largest absolute Gasteiger partial charge is 0.399 e. The van der Waals surface area contributed by atoms with Gasteiger partial charge in [0.1, 0.15) is 0 Å². The topological polar surface area (TPSA) is 81.1 Å². The van der Waals surface area contributed by atoms with E-state index in [4.69, 9.17) is 11.5 Å². The van der Waals surface area contributed by atoms with Crippen molar-refractivity contribution in [2.24, 2.45) is 5.73 Å². The molecular weight excluding hydrogens is 250 g/mol. The Kier molecular flexibility index (Phi) is 5.01. The second-order valence-electron chi connectivity index (χ2n) is 5.95. The van der Waals surface area contributed by atoms with Crippen LogP contribution in [-0.4, -0.2) is 18.0 Å². The van der Waals surface area contributed by atoms with Crippen LogP contribution in [0.2, 0.25) is 0 Å². The van der Waals surface area contributed by atoms with Crippen LogP contribution in [0.15, 0.2) is 24.3 Å². The molecular formula is C16H25N3O. The predicted octanol–water partition coefficient (Wildman–Crippen LogP) is 2.15. The van der Waals surface area contributed by atoms with E-state index in [1.54, 1.807) is 0 Å². The Labute approximate surface area is 120 Å². The molecule has 1 unspecified atom stereocenters. The zero-order chi connectivity index (χ0) is 14.5. The molecule has 1 aliphatic carbocycles. The fourth-order valence-electron chi connectivity index (χ4n) is 2.77. The number of nitrogen functional groups attached to an aromatic ring is 1. The lowest BCUT2D eigenvalue weighted by atomic mass is 9.91. The van der Waals surface area contributed by atoms with Crippen molar-refractivity contribution in [2.45, 2.75) is 57.0 Å². The maximum atomic E-state index is 12.1. The summed E-state index contributed by atoms with van der Waals surface area (Å²) in [5, 5.41) is 3.13. The van der Waals surface area contributed by atoms with Crippen molar-refractivity contribution in [1.82, 2.24) is 5.32 Å². The van der Waals surface area contributed by atoms with Crippen LogP contribution in [0.25, 0.3) is 0 Å². The van der Waals surface area contributed by atoms with Gasteiger partial charge in [-0.2, -0.15) is 0 Å². The molecule has 0 aliphatic heterocycles. The van der Waals surface area contributed by atoms with Crippen molar-refractivity contribution in [2.75, 3.05) is 5.73 Å². The number of rotatable bonds is 4. The number of amides is 1. The Bertz CT molecular complexity index is 436. The van der Waals surface area contributed by atoms with Crippen molar-refractivity contribution in [1.29, 1.82) is 0 Å². The first kappa shape index (κ1) is 14.9. The highest BCUT2D eigenvalue weighted by molar-refractivity contribution is 5.77. The lowest BCUT2D eigenvalue weighted by molar-refractivity contribution is -0.122. The molecule has 1 saturated carbocycles. The Morgan fingerprint density at radius 2 is 1.85 bits per heavy atom. The number of carbonyl (C=O) groups is 1. The lowest BCUT2D eigenvalue weighted by Gasteiger charge is -2.27. The third kappa shape index (κ3) is 4.23. The standard InChI is InChI=1S/C16H25N3O/c1-11(12-2-4-13(17)5-3-12)10-16(20)19-15-8-6-14(18)7-9-15/h2-5,11,14-15H,6-10,17-18H2,1H3,(H,19,20). The van der Waals surface area contributed by atoms with E-state index in [-0.39, 0.29) is 11.8 Å². The van der Waals surface area contributed by atoms with Crippen LogP contribution in [0.1, 0.15) is 50.5 Å². The third-order valence-corrected chi connectivity index (χ3v) is 4.13. The molecule has 1 aliphatic rings. The van der Waals surface area contributed by atoms with E-state index in [1.165, 1.54) is 0 Å². The van der Waals surface area contributed by atoms with Crippen molar-refractivity contribution in [3.8, 4) is 0 Å². The molecule has 20 heavy (non-hydrogen) atoms. The molecule has 0 spiro atoms. The summed E-state index contributed by atoms with van der Waals surface area (Å²) in [6.45, 7) is 2.07. The average Bonchev–Trinajstić information content (AvgIpc) is 2.42. The molecule has 110 valence electrons. The SMILES string of the molecule is CC(CC(=O)NC1CCC(N)CC1)c1ccc(N)cc1. The average molecular weight is 275 g/mol. The predicted molar refractivity (Wildman–Crippen MR) is 82.3 cm³/mol. The van der Waals surface area contributed by atoms with Crippen LogP contribution >= 0.6 is 0 Å². The molecule has 0 heterocycles. The lowest BCUT2D eigenvalue weighted by Crippen LogP contribution is -2.40. The van der Waals surface area contributed by atoms with Gasteiger partial charge in [-0.15, -0.1) is 0 Å². The number of anilines is 1. The second-order valence-corrected chi connectivity index (χ2v) is 5.95. The van der Waals surface area contributed by atoms with E-state index >= 15 is 0 Å². The zero-order valence-electron chi connectivity index (χ0n) is 12.1. The smallest absolute Gasteiger partial charge is 0.220 e. The van der Waals surface area contributed by atoms with Crippen LogP contribution < -0.4 is 16.8 Å². The molecule has 0 aromatic heterocycles. The van der Waals surface area contributed by atoms with Crippen LogP contribution in [0.4, 0.5) is 5.69 Å². The van der Waals surface area contributed by atoms with Gasteiger partial charge in [0, 0.05) is 24.2 Å². The fraction of sp³-hybridized carbons (Fsp3) is 0.562. The first-order chi connectivity index (χ1) is 9.54. The third-order valence-electron chi connectivity index (χ3n) is 4.13. The summed E-state index contributed by atoms with van der Waals surface area (Å²) in [5.41, 5.74) is 13.5. The van der Waals surface area contributed by atoms with Gasteiger partial charge in [0.15, 0.2) is 0 Å². The van der Waals surface area contributed by atoms with E-state index in [0.717, 1.165) is 36.9 Å². The summed E-state index contributed by atoms with van der Waals surface area (Å²) in [7, 11) is 0. The Hall–Kier alpha value is -1.55. The normalized spacial score (nSPS) is 24.1. The van der Waals surface area contributed by atoms with Gasteiger partial charge in [0.25, 0.3) is 0 Å². The number of carbonyl (C=O) groups excluding carboxylic acids is 1. The minimum absolute atomic E-state index is 0.134. The van der Waals surface area contributed by atoms with Crippen LogP contribution in [0.3, 0.4) is 0 Å². The van der Waals surface area contributed by atoms with E-state index in [1.807, 2.05) is 24.3 Å². The minimum atomic E-state index is 0.134. The Balaban J connectivity index is 1.80. The maximum Gasteiger partial charge on any atom is 0.220 e. The molecule has 5 N–H and O–H groups in total. The van der Waals surface area contributed by atoms with E-state index < -0.39 is 0 Å². The quantitative estimate of drug-likeness (QED) is 0.736. The minimum Gasteiger partial charge on any atom is -0.399 e. The molecule has 0 saturated heterocycles. The van der Waals surface area contributed by atoms with Crippen LogP contribution in [0, 0.1) is 0 Å². The maximum absolute atomic E-state index is 12.1. The van der Waals surface area contributed by atoms with E-state index in [2.05, 4.69) is 12.2 Å².